The van der Waals surface area contributed by atoms with Gasteiger partial charge in [0.2, 0.25) is 0 Å². The molecule has 102 valence electrons. The summed E-state index contributed by atoms with van der Waals surface area (Å²) in [4.78, 5) is 4.65. The Bertz CT molecular complexity index is 770. The van der Waals surface area contributed by atoms with E-state index in [1.54, 1.807) is 11.3 Å². The van der Waals surface area contributed by atoms with Crippen molar-refractivity contribution in [1.29, 1.82) is 0 Å². The fourth-order valence-corrected chi connectivity index (χ4v) is 3.40. The van der Waals surface area contributed by atoms with Crippen LogP contribution in [-0.4, -0.2) is 11.6 Å². The third-order valence-electron chi connectivity index (χ3n) is 2.95. The van der Waals surface area contributed by atoms with Crippen LogP contribution in [0.4, 0.5) is 5.69 Å². The molecule has 0 radical (unpaired) electrons. The predicted molar refractivity (Wildman–Crippen MR) is 88.3 cm³/mol. The molecule has 0 bridgehead atoms. The Morgan fingerprint density at radius 1 is 1.30 bits per heavy atom. The Morgan fingerprint density at radius 3 is 2.95 bits per heavy atom. The molecular formula is C15H13BrN2OS. The lowest BCUT2D eigenvalue weighted by Crippen LogP contribution is -1.90. The molecular weight excluding hydrogens is 336 g/mol. The second-order valence-electron chi connectivity index (χ2n) is 4.28. The highest BCUT2D eigenvalue weighted by molar-refractivity contribution is 9.10. The highest BCUT2D eigenvalue weighted by Gasteiger charge is 2.11. The smallest absolute Gasteiger partial charge is 0.126 e. The number of fused-ring (bicyclic) bond motifs is 1. The minimum atomic E-state index is 0.662. The molecule has 1 heterocycles. The maximum atomic E-state index is 6.11. The van der Waals surface area contributed by atoms with E-state index in [1.807, 2.05) is 43.3 Å². The first-order valence-electron chi connectivity index (χ1n) is 6.27. The van der Waals surface area contributed by atoms with Gasteiger partial charge in [0.15, 0.2) is 0 Å². The molecule has 3 nitrogen and oxygen atoms in total. The van der Waals surface area contributed by atoms with Crippen LogP contribution in [0.2, 0.25) is 0 Å². The Balaban J connectivity index is 2.10. The van der Waals surface area contributed by atoms with Gasteiger partial charge in [-0.25, -0.2) is 4.98 Å². The molecule has 0 atom stereocenters. The summed E-state index contributed by atoms with van der Waals surface area (Å²) >= 11 is 5.07. The molecule has 0 aliphatic heterocycles. The fourth-order valence-electron chi connectivity index (χ4n) is 2.00. The molecule has 0 fully saturated rings. The van der Waals surface area contributed by atoms with Crippen LogP contribution < -0.4 is 10.5 Å². The summed E-state index contributed by atoms with van der Waals surface area (Å²) in [5.74, 6) is 0.873. The SMILES string of the molecule is CCOc1ccc2nc(-c3cccc(Br)c3N)sc2c1. The van der Waals surface area contributed by atoms with E-state index in [4.69, 9.17) is 10.5 Å². The van der Waals surface area contributed by atoms with Crippen molar-refractivity contribution in [2.24, 2.45) is 0 Å². The number of anilines is 1. The van der Waals surface area contributed by atoms with Gasteiger partial charge in [0, 0.05) is 10.0 Å². The van der Waals surface area contributed by atoms with Gasteiger partial charge in [-0.3, -0.25) is 0 Å². The van der Waals surface area contributed by atoms with Crippen molar-refractivity contribution < 1.29 is 4.74 Å². The van der Waals surface area contributed by atoms with E-state index in [0.29, 0.717) is 6.61 Å². The molecule has 0 unspecified atom stereocenters. The third-order valence-corrected chi connectivity index (χ3v) is 4.70. The van der Waals surface area contributed by atoms with Gasteiger partial charge in [-0.1, -0.05) is 6.07 Å². The van der Waals surface area contributed by atoms with Crippen LogP contribution in [-0.2, 0) is 0 Å². The van der Waals surface area contributed by atoms with Crippen LogP contribution in [0.1, 0.15) is 6.92 Å². The Labute approximate surface area is 129 Å². The molecule has 3 aromatic rings. The summed E-state index contributed by atoms with van der Waals surface area (Å²) in [6, 6.07) is 11.8. The molecule has 0 saturated heterocycles. The molecule has 2 N–H and O–H groups in total. The molecule has 0 spiro atoms. The number of nitrogens with two attached hydrogens (primary N) is 1. The zero-order valence-corrected chi connectivity index (χ0v) is 13.3. The van der Waals surface area contributed by atoms with Crippen molar-refractivity contribution >= 4 is 43.2 Å². The van der Waals surface area contributed by atoms with Crippen LogP contribution in [0.5, 0.6) is 5.75 Å². The summed E-state index contributed by atoms with van der Waals surface area (Å²) in [6.45, 7) is 2.64. The van der Waals surface area contributed by atoms with Crippen molar-refractivity contribution in [3.05, 3.63) is 40.9 Å². The highest BCUT2D eigenvalue weighted by atomic mass is 79.9. The van der Waals surface area contributed by atoms with E-state index in [1.165, 1.54) is 0 Å². The number of aromatic nitrogens is 1. The van der Waals surface area contributed by atoms with E-state index in [2.05, 4.69) is 20.9 Å². The van der Waals surface area contributed by atoms with Crippen LogP contribution in [0.15, 0.2) is 40.9 Å². The molecule has 20 heavy (non-hydrogen) atoms. The molecule has 5 heteroatoms. The second kappa shape index (κ2) is 5.42. The topological polar surface area (TPSA) is 48.1 Å². The number of nitrogens with zero attached hydrogens (tertiary/aromatic N) is 1. The quantitative estimate of drug-likeness (QED) is 0.697. The molecule has 0 saturated carbocycles. The van der Waals surface area contributed by atoms with Gasteiger partial charge in [0.25, 0.3) is 0 Å². The first-order valence-corrected chi connectivity index (χ1v) is 7.87. The first-order chi connectivity index (χ1) is 9.69. The van der Waals surface area contributed by atoms with Gasteiger partial charge in [0.05, 0.1) is 22.5 Å². The summed E-state index contributed by atoms with van der Waals surface area (Å²) in [7, 11) is 0. The zero-order chi connectivity index (χ0) is 14.1. The first kappa shape index (κ1) is 13.4. The lowest BCUT2D eigenvalue weighted by atomic mass is 10.2. The summed E-state index contributed by atoms with van der Waals surface area (Å²) in [5, 5.41) is 0.924. The number of thiazole rings is 1. The number of benzene rings is 2. The summed E-state index contributed by atoms with van der Waals surface area (Å²) in [5.41, 5.74) is 8.75. The largest absolute Gasteiger partial charge is 0.494 e. The number of ether oxygens (including phenoxy) is 1. The molecule has 0 amide bonds. The van der Waals surface area contributed by atoms with Crippen LogP contribution in [0.3, 0.4) is 0 Å². The molecule has 0 aliphatic carbocycles. The lowest BCUT2D eigenvalue weighted by Gasteiger charge is -2.03. The van der Waals surface area contributed by atoms with Crippen LogP contribution >= 0.6 is 27.3 Å². The normalized spacial score (nSPS) is 10.9. The summed E-state index contributed by atoms with van der Waals surface area (Å²) in [6.07, 6.45) is 0. The number of halogens is 1. The average molecular weight is 349 g/mol. The number of nitrogen functional groups attached to an aromatic ring is 1. The third kappa shape index (κ3) is 2.39. The van der Waals surface area contributed by atoms with Gasteiger partial charge in [-0.05, 0) is 53.2 Å². The number of hydrogen-bond donors (Lipinski definition) is 1. The number of para-hydroxylation sites is 1. The minimum absolute atomic E-state index is 0.662. The lowest BCUT2D eigenvalue weighted by molar-refractivity contribution is 0.341. The Morgan fingerprint density at radius 2 is 2.15 bits per heavy atom. The number of hydrogen-bond acceptors (Lipinski definition) is 4. The van der Waals surface area contributed by atoms with E-state index in [9.17, 15) is 0 Å². The monoisotopic (exact) mass is 348 g/mol. The summed E-state index contributed by atoms with van der Waals surface area (Å²) < 4.78 is 7.51. The second-order valence-corrected chi connectivity index (χ2v) is 6.17. The molecule has 2 aromatic carbocycles. The Hall–Kier alpha value is -1.59. The number of rotatable bonds is 3. The van der Waals surface area contributed by atoms with Crippen molar-refractivity contribution in [2.75, 3.05) is 12.3 Å². The van der Waals surface area contributed by atoms with Gasteiger partial charge in [-0.2, -0.15) is 0 Å². The molecule has 3 rings (SSSR count). The van der Waals surface area contributed by atoms with Crippen molar-refractivity contribution in [3.8, 4) is 16.3 Å². The van der Waals surface area contributed by atoms with E-state index < -0.39 is 0 Å². The fraction of sp³-hybridized carbons (Fsp3) is 0.133. The van der Waals surface area contributed by atoms with Gasteiger partial charge < -0.3 is 10.5 Å². The van der Waals surface area contributed by atoms with Crippen molar-refractivity contribution in [1.82, 2.24) is 4.98 Å². The minimum Gasteiger partial charge on any atom is -0.494 e. The van der Waals surface area contributed by atoms with E-state index in [-0.39, 0.29) is 0 Å². The van der Waals surface area contributed by atoms with Gasteiger partial charge in [-0.15, -0.1) is 11.3 Å². The Kier molecular flexibility index (Phi) is 3.63. The zero-order valence-electron chi connectivity index (χ0n) is 10.9. The van der Waals surface area contributed by atoms with Crippen LogP contribution in [0.25, 0.3) is 20.8 Å². The average Bonchev–Trinajstić information content (AvgIpc) is 2.85. The highest BCUT2D eigenvalue weighted by Crippen LogP contribution is 2.37. The maximum absolute atomic E-state index is 6.11. The maximum Gasteiger partial charge on any atom is 0.126 e. The van der Waals surface area contributed by atoms with E-state index in [0.717, 1.165) is 36.7 Å². The van der Waals surface area contributed by atoms with Gasteiger partial charge >= 0.3 is 0 Å². The van der Waals surface area contributed by atoms with Gasteiger partial charge in [0.1, 0.15) is 10.8 Å². The van der Waals surface area contributed by atoms with Crippen molar-refractivity contribution in [3.63, 3.8) is 0 Å². The van der Waals surface area contributed by atoms with E-state index >= 15 is 0 Å². The van der Waals surface area contributed by atoms with Crippen LogP contribution in [0, 0.1) is 0 Å². The predicted octanol–water partition coefficient (Wildman–Crippen LogP) is 4.71. The molecule has 1 aromatic heterocycles. The molecule has 0 aliphatic rings. The van der Waals surface area contributed by atoms with Crippen molar-refractivity contribution in [2.45, 2.75) is 6.92 Å². The standard InChI is InChI=1S/C15H13BrN2OS/c1-2-19-9-6-7-12-13(8-9)20-15(18-12)10-4-3-5-11(16)14(10)17/h3-8H,2,17H2,1H3.